The van der Waals surface area contributed by atoms with Crippen LogP contribution in [0.2, 0.25) is 0 Å². The van der Waals surface area contributed by atoms with E-state index in [-0.39, 0.29) is 17.8 Å². The van der Waals surface area contributed by atoms with Gasteiger partial charge in [0.15, 0.2) is 0 Å². The number of rotatable bonds is 4. The Bertz CT molecular complexity index is 938. The van der Waals surface area contributed by atoms with Crippen LogP contribution in [0.1, 0.15) is 5.56 Å². The second kappa shape index (κ2) is 6.62. The van der Waals surface area contributed by atoms with Crippen molar-refractivity contribution in [2.75, 3.05) is 7.11 Å². The van der Waals surface area contributed by atoms with Crippen LogP contribution in [0.25, 0.3) is 11.3 Å². The summed E-state index contributed by atoms with van der Waals surface area (Å²) in [5.41, 5.74) is 0.458. The van der Waals surface area contributed by atoms with Crippen LogP contribution in [0.5, 0.6) is 5.75 Å². The van der Waals surface area contributed by atoms with E-state index in [1.54, 1.807) is 24.3 Å². The highest BCUT2D eigenvalue weighted by molar-refractivity contribution is 5.60. The first-order chi connectivity index (χ1) is 11.6. The molecule has 6 heteroatoms. The first-order valence-corrected chi connectivity index (χ1v) is 7.24. The van der Waals surface area contributed by atoms with E-state index in [4.69, 9.17) is 4.74 Å². The summed E-state index contributed by atoms with van der Waals surface area (Å²) < 4.78 is 34.0. The fraction of sp³-hybridized carbons (Fsp3) is 0.111. The molecule has 0 saturated heterocycles. The summed E-state index contributed by atoms with van der Waals surface area (Å²) in [4.78, 5) is 12.0. The van der Waals surface area contributed by atoms with Crippen LogP contribution in [0.4, 0.5) is 8.78 Å². The van der Waals surface area contributed by atoms with Crippen LogP contribution >= 0.6 is 0 Å². The van der Waals surface area contributed by atoms with Gasteiger partial charge in [-0.05, 0) is 24.3 Å². The van der Waals surface area contributed by atoms with E-state index in [2.05, 4.69) is 5.10 Å². The van der Waals surface area contributed by atoms with Gasteiger partial charge in [0.1, 0.15) is 17.4 Å². The van der Waals surface area contributed by atoms with E-state index >= 15 is 0 Å². The van der Waals surface area contributed by atoms with Gasteiger partial charge in [0.25, 0.3) is 5.56 Å². The Hall–Kier alpha value is -3.02. The fourth-order valence-corrected chi connectivity index (χ4v) is 2.32. The molecule has 0 unspecified atom stereocenters. The molecular weight excluding hydrogens is 314 g/mol. The van der Waals surface area contributed by atoms with Crippen molar-refractivity contribution in [2.45, 2.75) is 6.54 Å². The molecule has 0 aliphatic rings. The molecule has 24 heavy (non-hydrogen) atoms. The van der Waals surface area contributed by atoms with Gasteiger partial charge in [-0.3, -0.25) is 4.79 Å². The number of hydrogen-bond acceptors (Lipinski definition) is 3. The van der Waals surface area contributed by atoms with Crippen molar-refractivity contribution in [1.82, 2.24) is 9.78 Å². The molecule has 0 amide bonds. The predicted molar refractivity (Wildman–Crippen MR) is 85.9 cm³/mol. The van der Waals surface area contributed by atoms with E-state index in [0.29, 0.717) is 11.3 Å². The van der Waals surface area contributed by atoms with E-state index in [1.807, 2.05) is 0 Å². The molecule has 4 nitrogen and oxygen atoms in total. The third-order valence-corrected chi connectivity index (χ3v) is 3.60. The molecule has 0 bridgehead atoms. The number of nitrogens with zero attached hydrogens (tertiary/aromatic N) is 2. The highest BCUT2D eigenvalue weighted by atomic mass is 19.1. The van der Waals surface area contributed by atoms with Gasteiger partial charge in [0.2, 0.25) is 0 Å². The summed E-state index contributed by atoms with van der Waals surface area (Å²) in [6.07, 6.45) is 0. The van der Waals surface area contributed by atoms with Gasteiger partial charge >= 0.3 is 0 Å². The summed E-state index contributed by atoms with van der Waals surface area (Å²) in [7, 11) is 1.45. The van der Waals surface area contributed by atoms with Crippen molar-refractivity contribution in [3.8, 4) is 17.0 Å². The molecule has 0 N–H and O–H groups in total. The van der Waals surface area contributed by atoms with Gasteiger partial charge in [-0.15, -0.1) is 0 Å². The SMILES string of the molecule is COc1ccc(-c2ccc(=O)n(Cc3ccccc3F)n2)c(F)c1. The smallest absolute Gasteiger partial charge is 0.267 e. The van der Waals surface area contributed by atoms with E-state index in [9.17, 15) is 13.6 Å². The fourth-order valence-electron chi connectivity index (χ4n) is 2.32. The van der Waals surface area contributed by atoms with Crippen LogP contribution in [-0.2, 0) is 6.54 Å². The van der Waals surface area contributed by atoms with Crippen LogP contribution in [0.15, 0.2) is 59.4 Å². The van der Waals surface area contributed by atoms with Gasteiger partial charge in [-0.2, -0.15) is 5.10 Å². The third kappa shape index (κ3) is 3.17. The minimum absolute atomic E-state index is 0.0306. The van der Waals surface area contributed by atoms with Gasteiger partial charge in [0.05, 0.1) is 19.3 Å². The Morgan fingerprint density at radius 1 is 1.04 bits per heavy atom. The monoisotopic (exact) mass is 328 g/mol. The zero-order chi connectivity index (χ0) is 17.1. The maximum atomic E-state index is 14.2. The summed E-state index contributed by atoms with van der Waals surface area (Å²) in [5, 5.41) is 4.15. The quantitative estimate of drug-likeness (QED) is 0.738. The molecule has 3 rings (SSSR count). The van der Waals surface area contributed by atoms with Crippen LogP contribution in [0, 0.1) is 11.6 Å². The Morgan fingerprint density at radius 3 is 2.54 bits per heavy atom. The highest BCUT2D eigenvalue weighted by Crippen LogP contribution is 2.24. The molecule has 1 heterocycles. The topological polar surface area (TPSA) is 44.1 Å². The third-order valence-electron chi connectivity index (χ3n) is 3.60. The zero-order valence-corrected chi connectivity index (χ0v) is 12.9. The molecule has 2 aromatic carbocycles. The number of halogens is 2. The number of methoxy groups -OCH3 is 1. The normalized spacial score (nSPS) is 10.6. The first kappa shape index (κ1) is 15.9. The first-order valence-electron chi connectivity index (χ1n) is 7.24. The Balaban J connectivity index is 2.00. The predicted octanol–water partition coefficient (Wildman–Crippen LogP) is 3.25. The Morgan fingerprint density at radius 2 is 1.83 bits per heavy atom. The standard InChI is InChI=1S/C18H14F2N2O2/c1-24-13-6-7-14(16(20)10-13)17-8-9-18(23)22(21-17)11-12-4-2-3-5-15(12)19/h2-10H,11H2,1H3. The average Bonchev–Trinajstić information content (AvgIpc) is 2.59. The lowest BCUT2D eigenvalue weighted by molar-refractivity contribution is 0.411. The summed E-state index contributed by atoms with van der Waals surface area (Å²) in [6, 6.07) is 13.2. The molecule has 1 aromatic heterocycles. The molecular formula is C18H14F2N2O2. The lowest BCUT2D eigenvalue weighted by Gasteiger charge is -2.09. The molecule has 0 aliphatic carbocycles. The number of ether oxygens (including phenoxy) is 1. The Labute approximate surface area is 136 Å². The van der Waals surface area contributed by atoms with Crippen molar-refractivity contribution in [3.05, 3.63) is 82.1 Å². The minimum Gasteiger partial charge on any atom is -0.497 e. The molecule has 122 valence electrons. The van der Waals surface area contributed by atoms with E-state index < -0.39 is 17.2 Å². The maximum absolute atomic E-state index is 14.2. The number of hydrogen-bond donors (Lipinski definition) is 0. The van der Waals surface area contributed by atoms with Crippen molar-refractivity contribution in [3.63, 3.8) is 0 Å². The molecule has 0 fully saturated rings. The van der Waals surface area contributed by atoms with Crippen LogP contribution in [-0.4, -0.2) is 16.9 Å². The summed E-state index contributed by atoms with van der Waals surface area (Å²) in [6.45, 7) is -0.0306. The largest absolute Gasteiger partial charge is 0.497 e. The molecule has 0 aliphatic heterocycles. The lowest BCUT2D eigenvalue weighted by Crippen LogP contribution is -2.23. The van der Waals surface area contributed by atoms with Crippen molar-refractivity contribution in [2.24, 2.45) is 0 Å². The second-order valence-corrected chi connectivity index (χ2v) is 5.15. The van der Waals surface area contributed by atoms with Crippen LogP contribution in [0.3, 0.4) is 0 Å². The van der Waals surface area contributed by atoms with Crippen molar-refractivity contribution >= 4 is 0 Å². The van der Waals surface area contributed by atoms with Gasteiger partial charge in [0, 0.05) is 23.3 Å². The molecule has 0 spiro atoms. The summed E-state index contributed by atoms with van der Waals surface area (Å²) in [5.74, 6) is -0.555. The highest BCUT2D eigenvalue weighted by Gasteiger charge is 2.11. The maximum Gasteiger partial charge on any atom is 0.267 e. The molecule has 0 saturated carbocycles. The molecule has 3 aromatic rings. The zero-order valence-electron chi connectivity index (χ0n) is 12.9. The van der Waals surface area contributed by atoms with E-state index in [0.717, 1.165) is 4.68 Å². The van der Waals surface area contributed by atoms with Crippen molar-refractivity contribution < 1.29 is 13.5 Å². The Kier molecular flexibility index (Phi) is 4.37. The van der Waals surface area contributed by atoms with Crippen LogP contribution < -0.4 is 10.3 Å². The number of aromatic nitrogens is 2. The molecule has 0 radical (unpaired) electrons. The average molecular weight is 328 g/mol. The lowest BCUT2D eigenvalue weighted by atomic mass is 10.1. The minimum atomic E-state index is -0.516. The van der Waals surface area contributed by atoms with Gasteiger partial charge in [-0.1, -0.05) is 18.2 Å². The van der Waals surface area contributed by atoms with E-state index in [1.165, 1.54) is 37.4 Å². The van der Waals surface area contributed by atoms with Gasteiger partial charge in [-0.25, -0.2) is 13.5 Å². The summed E-state index contributed by atoms with van der Waals surface area (Å²) >= 11 is 0. The second-order valence-electron chi connectivity index (χ2n) is 5.15. The molecule has 0 atom stereocenters. The van der Waals surface area contributed by atoms with Gasteiger partial charge < -0.3 is 4.74 Å². The number of benzene rings is 2. The van der Waals surface area contributed by atoms with Crippen molar-refractivity contribution in [1.29, 1.82) is 0 Å².